The lowest BCUT2D eigenvalue weighted by Crippen LogP contribution is -2.45. The fraction of sp³-hybridized carbons (Fsp3) is 0.250. The number of amides is 2. The summed E-state index contributed by atoms with van der Waals surface area (Å²) in [5.41, 5.74) is 0.936. The zero-order valence-electron chi connectivity index (χ0n) is 17.0. The van der Waals surface area contributed by atoms with E-state index in [4.69, 9.17) is 4.74 Å². The van der Waals surface area contributed by atoms with Crippen molar-refractivity contribution in [2.24, 2.45) is 0 Å². The van der Waals surface area contributed by atoms with Gasteiger partial charge in [0.15, 0.2) is 11.6 Å². The number of hydrogen-bond acceptors (Lipinski definition) is 3. The Morgan fingerprint density at radius 3 is 2.68 bits per heavy atom. The van der Waals surface area contributed by atoms with E-state index in [1.165, 1.54) is 11.0 Å². The van der Waals surface area contributed by atoms with Crippen LogP contribution in [0.1, 0.15) is 26.2 Å². The van der Waals surface area contributed by atoms with Crippen LogP contribution in [0.2, 0.25) is 0 Å². The van der Waals surface area contributed by atoms with Crippen LogP contribution in [0.4, 0.5) is 20.2 Å². The van der Waals surface area contributed by atoms with Gasteiger partial charge in [0.05, 0.1) is 11.7 Å². The third-order valence-electron chi connectivity index (χ3n) is 5.33. The van der Waals surface area contributed by atoms with Crippen LogP contribution in [0.15, 0.2) is 54.6 Å². The fourth-order valence-corrected chi connectivity index (χ4v) is 3.81. The van der Waals surface area contributed by atoms with Crippen molar-refractivity contribution < 1.29 is 23.1 Å². The highest BCUT2D eigenvalue weighted by atomic mass is 19.2. The molecule has 5 nitrogen and oxygen atoms in total. The molecule has 0 aromatic heterocycles. The average Bonchev–Trinajstić information content (AvgIpc) is 2.76. The molecule has 0 saturated carbocycles. The second-order valence-corrected chi connectivity index (χ2v) is 7.56. The van der Waals surface area contributed by atoms with Crippen LogP contribution >= 0.6 is 0 Å². The van der Waals surface area contributed by atoms with Crippen LogP contribution in [0.25, 0.3) is 10.8 Å². The molecule has 0 radical (unpaired) electrons. The first-order chi connectivity index (χ1) is 15.0. The van der Waals surface area contributed by atoms with Crippen molar-refractivity contribution in [3.8, 4) is 5.75 Å². The lowest BCUT2D eigenvalue weighted by molar-refractivity contribution is -0.119. The van der Waals surface area contributed by atoms with E-state index in [0.717, 1.165) is 22.5 Å². The highest BCUT2D eigenvalue weighted by molar-refractivity contribution is 6.02. The van der Waals surface area contributed by atoms with Gasteiger partial charge in [-0.25, -0.2) is 4.39 Å². The van der Waals surface area contributed by atoms with Crippen LogP contribution < -0.4 is 15.0 Å². The molecule has 0 spiro atoms. The summed E-state index contributed by atoms with van der Waals surface area (Å²) in [4.78, 5) is 26.6. The molecule has 7 heteroatoms. The summed E-state index contributed by atoms with van der Waals surface area (Å²) in [6, 6.07) is 15.4. The van der Waals surface area contributed by atoms with Gasteiger partial charge in [-0.2, -0.15) is 4.39 Å². The molecule has 0 bridgehead atoms. The molecule has 0 fully saturated rings. The van der Waals surface area contributed by atoms with Gasteiger partial charge in [-0.15, -0.1) is 0 Å². The molecule has 31 heavy (non-hydrogen) atoms. The van der Waals surface area contributed by atoms with Gasteiger partial charge in [-0.1, -0.05) is 36.4 Å². The van der Waals surface area contributed by atoms with Crippen LogP contribution in [-0.2, 0) is 9.59 Å². The van der Waals surface area contributed by atoms with E-state index in [2.05, 4.69) is 5.32 Å². The van der Waals surface area contributed by atoms with Gasteiger partial charge in [0, 0.05) is 23.9 Å². The van der Waals surface area contributed by atoms with Gasteiger partial charge in [0.2, 0.25) is 17.6 Å². The minimum atomic E-state index is -1.10. The van der Waals surface area contributed by atoms with E-state index in [1.54, 1.807) is 6.92 Å². The van der Waals surface area contributed by atoms with Gasteiger partial charge in [-0.05, 0) is 36.9 Å². The van der Waals surface area contributed by atoms with E-state index in [9.17, 15) is 18.4 Å². The number of carbonyl (C=O) groups is 2. The molecule has 4 rings (SSSR count). The second kappa shape index (κ2) is 8.71. The number of rotatable bonds is 5. The number of carbonyl (C=O) groups excluding carboxylic acids is 2. The molecular weight excluding hydrogens is 402 g/mol. The molecule has 1 unspecified atom stereocenters. The number of ether oxygens (including phenoxy) is 1. The summed E-state index contributed by atoms with van der Waals surface area (Å²) >= 11 is 0. The molecule has 160 valence electrons. The average molecular weight is 424 g/mol. The Morgan fingerprint density at radius 1 is 1.06 bits per heavy atom. The number of benzene rings is 3. The van der Waals surface area contributed by atoms with Gasteiger partial charge in [-0.3, -0.25) is 9.59 Å². The zero-order chi connectivity index (χ0) is 22.0. The van der Waals surface area contributed by atoms with Crippen LogP contribution in [0.5, 0.6) is 5.75 Å². The number of fused-ring (bicyclic) bond motifs is 2. The smallest absolute Gasteiger partial charge is 0.227 e. The van der Waals surface area contributed by atoms with Crippen LogP contribution in [0.3, 0.4) is 0 Å². The zero-order valence-corrected chi connectivity index (χ0v) is 17.0. The monoisotopic (exact) mass is 424 g/mol. The Labute approximate surface area is 178 Å². The van der Waals surface area contributed by atoms with Gasteiger partial charge < -0.3 is 15.0 Å². The molecule has 3 aromatic carbocycles. The van der Waals surface area contributed by atoms with E-state index in [0.29, 0.717) is 6.42 Å². The van der Waals surface area contributed by atoms with Gasteiger partial charge >= 0.3 is 0 Å². The number of nitrogens with zero attached hydrogens (tertiary/aromatic N) is 1. The summed E-state index contributed by atoms with van der Waals surface area (Å²) in [7, 11) is 0. The van der Waals surface area contributed by atoms with Crippen molar-refractivity contribution >= 4 is 34.0 Å². The SMILES string of the molecule is CC1COc2c(ccc(F)c2F)N1C(=O)CCCC(=O)Nc1cccc2ccccc12. The molecule has 2 amide bonds. The van der Waals surface area contributed by atoms with Gasteiger partial charge in [0.1, 0.15) is 6.61 Å². The number of hydrogen-bond donors (Lipinski definition) is 1. The van der Waals surface area contributed by atoms with Gasteiger partial charge in [0.25, 0.3) is 0 Å². The minimum absolute atomic E-state index is 0.0701. The summed E-state index contributed by atoms with van der Waals surface area (Å²) in [6.45, 7) is 1.84. The Balaban J connectivity index is 1.38. The Morgan fingerprint density at radius 2 is 1.84 bits per heavy atom. The maximum absolute atomic E-state index is 14.0. The topological polar surface area (TPSA) is 58.6 Å². The third kappa shape index (κ3) is 4.21. The number of anilines is 2. The number of halogens is 2. The normalized spacial score (nSPS) is 15.3. The maximum atomic E-state index is 14.0. The van der Waals surface area contributed by atoms with E-state index in [1.807, 2.05) is 42.5 Å². The quantitative estimate of drug-likeness (QED) is 0.624. The fourth-order valence-electron chi connectivity index (χ4n) is 3.81. The standard InChI is InChI=1S/C24H22F2N2O3/c1-15-14-31-24-20(13-12-18(25)23(24)26)28(15)22(30)11-5-10-21(29)27-19-9-4-7-16-6-2-3-8-17(16)19/h2-4,6-9,12-13,15H,5,10-11,14H2,1H3,(H,27,29). The molecule has 1 N–H and O–H groups in total. The molecular formula is C24H22F2N2O3. The second-order valence-electron chi connectivity index (χ2n) is 7.56. The van der Waals surface area contributed by atoms with Crippen molar-refractivity contribution in [1.82, 2.24) is 0 Å². The summed E-state index contributed by atoms with van der Waals surface area (Å²) in [5.74, 6) is -2.82. The minimum Gasteiger partial charge on any atom is -0.486 e. The van der Waals surface area contributed by atoms with E-state index in [-0.39, 0.29) is 48.7 Å². The Hall–Kier alpha value is -3.48. The first kappa shape index (κ1) is 20.8. The van der Waals surface area contributed by atoms with Crippen molar-refractivity contribution in [2.45, 2.75) is 32.2 Å². The summed E-state index contributed by atoms with van der Waals surface area (Å²) < 4.78 is 32.8. The third-order valence-corrected chi connectivity index (χ3v) is 5.33. The van der Waals surface area contributed by atoms with Crippen LogP contribution in [-0.4, -0.2) is 24.5 Å². The predicted molar refractivity (Wildman–Crippen MR) is 115 cm³/mol. The molecule has 3 aromatic rings. The largest absolute Gasteiger partial charge is 0.486 e. The van der Waals surface area contributed by atoms with Crippen molar-refractivity contribution in [3.63, 3.8) is 0 Å². The van der Waals surface area contributed by atoms with Crippen molar-refractivity contribution in [2.75, 3.05) is 16.8 Å². The molecule has 1 aliphatic heterocycles. The maximum Gasteiger partial charge on any atom is 0.227 e. The lowest BCUT2D eigenvalue weighted by atomic mass is 10.1. The van der Waals surface area contributed by atoms with E-state index < -0.39 is 11.6 Å². The molecule has 1 atom stereocenters. The molecule has 1 aliphatic rings. The summed E-state index contributed by atoms with van der Waals surface area (Å²) in [5, 5.41) is 4.87. The van der Waals surface area contributed by atoms with E-state index >= 15 is 0 Å². The predicted octanol–water partition coefficient (Wildman–Crippen LogP) is 5.04. The molecule has 1 heterocycles. The van der Waals surface area contributed by atoms with Crippen molar-refractivity contribution in [1.29, 1.82) is 0 Å². The van der Waals surface area contributed by atoms with Crippen LogP contribution in [0, 0.1) is 11.6 Å². The lowest BCUT2D eigenvalue weighted by Gasteiger charge is -2.35. The Kier molecular flexibility index (Phi) is 5.84. The Bertz CT molecular complexity index is 1140. The molecule has 0 aliphatic carbocycles. The highest BCUT2D eigenvalue weighted by Gasteiger charge is 2.32. The highest BCUT2D eigenvalue weighted by Crippen LogP contribution is 2.37. The first-order valence-electron chi connectivity index (χ1n) is 10.2. The van der Waals surface area contributed by atoms with Crippen molar-refractivity contribution in [3.05, 3.63) is 66.2 Å². The first-order valence-corrected chi connectivity index (χ1v) is 10.2. The number of nitrogens with one attached hydrogen (secondary N) is 1. The summed E-state index contributed by atoms with van der Waals surface area (Å²) in [6.07, 6.45) is 0.600. The molecule has 0 saturated heterocycles.